The topological polar surface area (TPSA) is 50.9 Å². The molecular formula is C14H16FN3. The van der Waals surface area contributed by atoms with Crippen molar-refractivity contribution in [2.45, 2.75) is 19.9 Å². The van der Waals surface area contributed by atoms with Crippen LogP contribution in [-0.2, 0) is 0 Å². The molecule has 0 spiro atoms. The first-order valence-corrected chi connectivity index (χ1v) is 5.77. The Hall–Kier alpha value is -1.78. The fraction of sp³-hybridized carbons (Fsp3) is 0.214. The molecule has 0 aliphatic rings. The van der Waals surface area contributed by atoms with Crippen LogP contribution in [0, 0.1) is 19.7 Å². The summed E-state index contributed by atoms with van der Waals surface area (Å²) >= 11 is 0. The fourth-order valence-electron chi connectivity index (χ4n) is 1.89. The number of aromatic nitrogens is 1. The number of nitrogens with one attached hydrogen (secondary N) is 1. The maximum atomic E-state index is 13.7. The number of halogens is 1. The molecule has 0 saturated carbocycles. The van der Waals surface area contributed by atoms with Gasteiger partial charge in [0.25, 0.3) is 0 Å². The van der Waals surface area contributed by atoms with Crippen LogP contribution in [0.25, 0.3) is 0 Å². The highest BCUT2D eigenvalue weighted by molar-refractivity contribution is 5.35. The van der Waals surface area contributed by atoms with E-state index in [4.69, 9.17) is 5.84 Å². The van der Waals surface area contributed by atoms with Crippen molar-refractivity contribution in [2.24, 2.45) is 5.84 Å². The predicted molar refractivity (Wildman–Crippen MR) is 69.3 cm³/mol. The summed E-state index contributed by atoms with van der Waals surface area (Å²) in [7, 11) is 0. The van der Waals surface area contributed by atoms with Gasteiger partial charge in [-0.05, 0) is 42.7 Å². The molecular weight excluding hydrogens is 229 g/mol. The molecule has 0 saturated heterocycles. The summed E-state index contributed by atoms with van der Waals surface area (Å²) in [5.74, 6) is 5.17. The lowest BCUT2D eigenvalue weighted by Gasteiger charge is -2.17. The number of hydrazine groups is 1. The number of nitrogens with zero attached hydrogens (tertiary/aromatic N) is 1. The second-order valence-electron chi connectivity index (χ2n) is 4.31. The van der Waals surface area contributed by atoms with Gasteiger partial charge in [-0.3, -0.25) is 10.8 Å². The zero-order valence-corrected chi connectivity index (χ0v) is 10.4. The van der Waals surface area contributed by atoms with E-state index in [1.54, 1.807) is 12.3 Å². The SMILES string of the molecule is Cc1ccc(C(NN)c2ncccc2F)cc1C. The van der Waals surface area contributed by atoms with Crippen LogP contribution >= 0.6 is 0 Å². The summed E-state index contributed by atoms with van der Waals surface area (Å²) in [6, 6.07) is 8.43. The van der Waals surface area contributed by atoms with Crippen LogP contribution in [0.2, 0.25) is 0 Å². The molecule has 2 aromatic rings. The molecule has 1 unspecified atom stereocenters. The average molecular weight is 245 g/mol. The molecule has 94 valence electrons. The Morgan fingerprint density at radius 2 is 2.00 bits per heavy atom. The monoisotopic (exact) mass is 245 g/mol. The van der Waals surface area contributed by atoms with Crippen molar-refractivity contribution in [3.63, 3.8) is 0 Å². The van der Waals surface area contributed by atoms with E-state index < -0.39 is 6.04 Å². The van der Waals surface area contributed by atoms with Crippen LogP contribution in [0.5, 0.6) is 0 Å². The summed E-state index contributed by atoms with van der Waals surface area (Å²) in [5.41, 5.74) is 6.16. The lowest BCUT2D eigenvalue weighted by molar-refractivity contribution is 0.543. The third kappa shape index (κ3) is 2.39. The first-order chi connectivity index (χ1) is 8.63. The lowest BCUT2D eigenvalue weighted by atomic mass is 9.99. The Labute approximate surface area is 106 Å². The average Bonchev–Trinajstić information content (AvgIpc) is 2.37. The molecule has 0 aliphatic heterocycles. The van der Waals surface area contributed by atoms with E-state index in [-0.39, 0.29) is 5.82 Å². The normalized spacial score (nSPS) is 12.4. The summed E-state index contributed by atoms with van der Waals surface area (Å²) in [5, 5.41) is 0. The molecule has 0 amide bonds. The van der Waals surface area contributed by atoms with Gasteiger partial charge in [0.1, 0.15) is 5.82 Å². The van der Waals surface area contributed by atoms with Crippen molar-refractivity contribution in [3.8, 4) is 0 Å². The minimum atomic E-state index is -0.439. The Balaban J connectivity index is 2.45. The fourth-order valence-corrected chi connectivity index (χ4v) is 1.89. The second kappa shape index (κ2) is 5.25. The zero-order chi connectivity index (χ0) is 13.1. The van der Waals surface area contributed by atoms with E-state index in [0.29, 0.717) is 5.69 Å². The van der Waals surface area contributed by atoms with Crippen molar-refractivity contribution in [3.05, 3.63) is 64.7 Å². The zero-order valence-electron chi connectivity index (χ0n) is 10.4. The van der Waals surface area contributed by atoms with Crippen LogP contribution in [0.3, 0.4) is 0 Å². The van der Waals surface area contributed by atoms with Crippen molar-refractivity contribution < 1.29 is 4.39 Å². The number of hydrogen-bond acceptors (Lipinski definition) is 3. The molecule has 2 rings (SSSR count). The second-order valence-corrected chi connectivity index (χ2v) is 4.31. The molecule has 3 nitrogen and oxygen atoms in total. The van der Waals surface area contributed by atoms with Crippen LogP contribution in [0.15, 0.2) is 36.5 Å². The minimum absolute atomic E-state index is 0.309. The number of nitrogens with two attached hydrogens (primary N) is 1. The number of hydrogen-bond donors (Lipinski definition) is 2. The minimum Gasteiger partial charge on any atom is -0.271 e. The molecule has 1 atom stereocenters. The van der Waals surface area contributed by atoms with Gasteiger partial charge < -0.3 is 0 Å². The number of benzene rings is 1. The van der Waals surface area contributed by atoms with Crippen molar-refractivity contribution in [1.29, 1.82) is 0 Å². The molecule has 3 N–H and O–H groups in total. The van der Waals surface area contributed by atoms with E-state index >= 15 is 0 Å². The van der Waals surface area contributed by atoms with Gasteiger partial charge in [-0.25, -0.2) is 9.82 Å². The molecule has 0 fully saturated rings. The van der Waals surface area contributed by atoms with Crippen LogP contribution in [-0.4, -0.2) is 4.98 Å². The predicted octanol–water partition coefficient (Wildman–Crippen LogP) is 2.39. The third-order valence-electron chi connectivity index (χ3n) is 3.09. The molecule has 0 radical (unpaired) electrons. The standard InChI is InChI=1S/C14H16FN3/c1-9-5-6-11(8-10(9)2)13(18-16)14-12(15)4-3-7-17-14/h3-8,13,18H,16H2,1-2H3. The van der Waals surface area contributed by atoms with Gasteiger partial charge in [0.05, 0.1) is 11.7 Å². The van der Waals surface area contributed by atoms with Crippen LogP contribution < -0.4 is 11.3 Å². The third-order valence-corrected chi connectivity index (χ3v) is 3.09. The molecule has 0 aliphatic carbocycles. The number of pyridine rings is 1. The van der Waals surface area contributed by atoms with Gasteiger partial charge in [0.2, 0.25) is 0 Å². The van der Waals surface area contributed by atoms with Crippen molar-refractivity contribution in [2.75, 3.05) is 0 Å². The maximum Gasteiger partial charge on any atom is 0.146 e. The van der Waals surface area contributed by atoms with E-state index in [1.807, 2.05) is 32.0 Å². The van der Waals surface area contributed by atoms with Crippen LogP contribution in [0.4, 0.5) is 4.39 Å². The highest BCUT2D eigenvalue weighted by Gasteiger charge is 2.18. The lowest BCUT2D eigenvalue weighted by Crippen LogP contribution is -2.30. The van der Waals surface area contributed by atoms with E-state index in [9.17, 15) is 4.39 Å². The summed E-state index contributed by atoms with van der Waals surface area (Å²) in [6.07, 6.45) is 1.56. The first kappa shape index (κ1) is 12.7. The van der Waals surface area contributed by atoms with Gasteiger partial charge in [0, 0.05) is 6.20 Å². The largest absolute Gasteiger partial charge is 0.271 e. The smallest absolute Gasteiger partial charge is 0.146 e. The van der Waals surface area contributed by atoms with Crippen molar-refractivity contribution >= 4 is 0 Å². The molecule has 1 aromatic carbocycles. The molecule has 1 heterocycles. The number of rotatable bonds is 3. The van der Waals surface area contributed by atoms with E-state index in [0.717, 1.165) is 11.1 Å². The Morgan fingerprint density at radius 3 is 2.61 bits per heavy atom. The van der Waals surface area contributed by atoms with E-state index in [2.05, 4.69) is 10.4 Å². The van der Waals surface area contributed by atoms with E-state index in [1.165, 1.54) is 11.6 Å². The Morgan fingerprint density at radius 1 is 1.22 bits per heavy atom. The van der Waals surface area contributed by atoms with Gasteiger partial charge >= 0.3 is 0 Å². The van der Waals surface area contributed by atoms with Gasteiger partial charge in [-0.2, -0.15) is 0 Å². The highest BCUT2D eigenvalue weighted by atomic mass is 19.1. The number of aryl methyl sites for hydroxylation is 2. The first-order valence-electron chi connectivity index (χ1n) is 5.77. The molecule has 4 heteroatoms. The summed E-state index contributed by atoms with van der Waals surface area (Å²) in [4.78, 5) is 4.06. The summed E-state index contributed by atoms with van der Waals surface area (Å²) < 4.78 is 13.7. The van der Waals surface area contributed by atoms with Crippen LogP contribution in [0.1, 0.15) is 28.4 Å². The quantitative estimate of drug-likeness (QED) is 0.645. The van der Waals surface area contributed by atoms with Crippen molar-refractivity contribution in [1.82, 2.24) is 10.4 Å². The Kier molecular flexibility index (Phi) is 3.69. The Bertz CT molecular complexity index is 554. The van der Waals surface area contributed by atoms with Gasteiger partial charge in [0.15, 0.2) is 0 Å². The summed E-state index contributed by atoms with van der Waals surface area (Å²) in [6.45, 7) is 4.05. The molecule has 1 aromatic heterocycles. The molecule has 18 heavy (non-hydrogen) atoms. The van der Waals surface area contributed by atoms with Gasteiger partial charge in [-0.1, -0.05) is 18.2 Å². The maximum absolute atomic E-state index is 13.7. The highest BCUT2D eigenvalue weighted by Crippen LogP contribution is 2.23. The molecule has 0 bridgehead atoms. The van der Waals surface area contributed by atoms with Gasteiger partial charge in [-0.15, -0.1) is 0 Å².